The zero-order valence-electron chi connectivity index (χ0n) is 11.4. The lowest BCUT2D eigenvalue weighted by Crippen LogP contribution is -2.50. The number of carboxylic acids is 1. The van der Waals surface area contributed by atoms with Gasteiger partial charge in [0.2, 0.25) is 0 Å². The Kier molecular flexibility index (Phi) is 4.10. The summed E-state index contributed by atoms with van der Waals surface area (Å²) in [7, 11) is 0. The van der Waals surface area contributed by atoms with E-state index < -0.39 is 23.5 Å². The summed E-state index contributed by atoms with van der Waals surface area (Å²) in [6.45, 7) is 1.75. The highest BCUT2D eigenvalue weighted by molar-refractivity contribution is 5.90. The zero-order chi connectivity index (χ0) is 15.5. The van der Waals surface area contributed by atoms with E-state index in [9.17, 15) is 14.7 Å². The van der Waals surface area contributed by atoms with Crippen LogP contribution in [0, 0.1) is 16.7 Å². The van der Waals surface area contributed by atoms with Gasteiger partial charge in [0.1, 0.15) is 5.41 Å². The number of rotatable bonds is 3. The van der Waals surface area contributed by atoms with E-state index in [4.69, 9.17) is 10.00 Å². The van der Waals surface area contributed by atoms with Gasteiger partial charge < -0.3 is 20.5 Å². The molecule has 1 aromatic rings. The average Bonchev–Trinajstić information content (AvgIpc) is 2.82. The summed E-state index contributed by atoms with van der Waals surface area (Å²) in [5.41, 5.74) is -0.131. The van der Waals surface area contributed by atoms with Crippen LogP contribution in [-0.4, -0.2) is 36.4 Å². The van der Waals surface area contributed by atoms with Gasteiger partial charge in [0.05, 0.1) is 30.9 Å². The van der Waals surface area contributed by atoms with E-state index in [0.29, 0.717) is 11.3 Å². The summed E-state index contributed by atoms with van der Waals surface area (Å²) < 4.78 is 5.16. The highest BCUT2D eigenvalue weighted by atomic mass is 16.5. The van der Waals surface area contributed by atoms with Crippen molar-refractivity contribution < 1.29 is 19.4 Å². The maximum atomic E-state index is 11.9. The Bertz CT molecular complexity index is 593. The van der Waals surface area contributed by atoms with Crippen LogP contribution in [-0.2, 0) is 9.53 Å². The molecule has 0 spiro atoms. The Hall–Kier alpha value is -2.59. The lowest BCUT2D eigenvalue weighted by Gasteiger charge is -2.25. The standard InChI is InChI=1S/C14H15N3O4/c1-14(12(18)19)8-21-7-11(14)17-13(20)16-10-4-2-9(6-15)3-5-10/h2-5,11H,7-8H2,1H3,(H,18,19)(H2,16,17,20). The van der Waals surface area contributed by atoms with E-state index in [0.717, 1.165) is 0 Å². The third kappa shape index (κ3) is 3.12. The number of amides is 2. The van der Waals surface area contributed by atoms with E-state index in [2.05, 4.69) is 10.6 Å². The number of anilines is 1. The van der Waals surface area contributed by atoms with Gasteiger partial charge in [0.25, 0.3) is 0 Å². The van der Waals surface area contributed by atoms with E-state index in [1.807, 2.05) is 6.07 Å². The van der Waals surface area contributed by atoms with Crippen molar-refractivity contribution in [1.82, 2.24) is 5.32 Å². The van der Waals surface area contributed by atoms with Gasteiger partial charge in [-0.1, -0.05) is 0 Å². The summed E-state index contributed by atoms with van der Waals surface area (Å²) in [6, 6.07) is 7.22. The molecule has 7 heteroatoms. The number of benzene rings is 1. The highest BCUT2D eigenvalue weighted by Crippen LogP contribution is 2.28. The Morgan fingerprint density at radius 3 is 2.67 bits per heavy atom. The van der Waals surface area contributed by atoms with E-state index in [-0.39, 0.29) is 13.2 Å². The molecule has 2 atom stereocenters. The molecule has 7 nitrogen and oxygen atoms in total. The van der Waals surface area contributed by atoms with Gasteiger partial charge in [-0.05, 0) is 31.2 Å². The van der Waals surface area contributed by atoms with Crippen molar-refractivity contribution in [3.05, 3.63) is 29.8 Å². The van der Waals surface area contributed by atoms with Gasteiger partial charge in [-0.15, -0.1) is 0 Å². The Balaban J connectivity index is 1.98. The van der Waals surface area contributed by atoms with E-state index in [1.54, 1.807) is 24.3 Å². The topological polar surface area (TPSA) is 111 Å². The van der Waals surface area contributed by atoms with Crippen molar-refractivity contribution in [2.45, 2.75) is 13.0 Å². The normalized spacial score (nSPS) is 24.1. The van der Waals surface area contributed by atoms with Crippen molar-refractivity contribution in [3.8, 4) is 6.07 Å². The predicted molar refractivity (Wildman–Crippen MR) is 73.7 cm³/mol. The molecular weight excluding hydrogens is 274 g/mol. The summed E-state index contributed by atoms with van der Waals surface area (Å²) in [5.74, 6) is -1.01. The SMILES string of the molecule is CC1(C(=O)O)COCC1NC(=O)Nc1ccc(C#N)cc1. The minimum atomic E-state index is -1.14. The highest BCUT2D eigenvalue weighted by Gasteiger charge is 2.47. The van der Waals surface area contributed by atoms with Crippen LogP contribution in [0.5, 0.6) is 0 Å². The lowest BCUT2D eigenvalue weighted by atomic mass is 9.85. The molecule has 0 aliphatic carbocycles. The fourth-order valence-electron chi connectivity index (χ4n) is 2.04. The van der Waals surface area contributed by atoms with Crippen LogP contribution in [0.3, 0.4) is 0 Å². The van der Waals surface area contributed by atoms with Crippen molar-refractivity contribution in [3.63, 3.8) is 0 Å². The molecule has 21 heavy (non-hydrogen) atoms. The molecule has 1 heterocycles. The quantitative estimate of drug-likeness (QED) is 0.773. The summed E-state index contributed by atoms with van der Waals surface area (Å²) >= 11 is 0. The zero-order valence-corrected chi connectivity index (χ0v) is 11.4. The molecule has 1 aliphatic rings. The second-order valence-corrected chi connectivity index (χ2v) is 5.08. The first-order valence-corrected chi connectivity index (χ1v) is 6.34. The second kappa shape index (κ2) is 5.81. The lowest BCUT2D eigenvalue weighted by molar-refractivity contribution is -0.148. The number of nitrogens with zero attached hydrogens (tertiary/aromatic N) is 1. The van der Waals surface area contributed by atoms with Crippen LogP contribution in [0.2, 0.25) is 0 Å². The second-order valence-electron chi connectivity index (χ2n) is 5.08. The molecule has 1 aromatic carbocycles. The number of hydrogen-bond acceptors (Lipinski definition) is 4. The molecule has 0 bridgehead atoms. The number of ether oxygens (including phenoxy) is 1. The van der Waals surface area contributed by atoms with Gasteiger partial charge in [-0.3, -0.25) is 4.79 Å². The maximum Gasteiger partial charge on any atom is 0.319 e. The average molecular weight is 289 g/mol. The number of nitrogens with one attached hydrogen (secondary N) is 2. The first-order valence-electron chi connectivity index (χ1n) is 6.34. The molecule has 2 rings (SSSR count). The first-order chi connectivity index (χ1) is 9.95. The summed E-state index contributed by atoms with van der Waals surface area (Å²) in [4.78, 5) is 23.2. The first kappa shape index (κ1) is 14.8. The number of carbonyl (C=O) groups is 2. The third-order valence-corrected chi connectivity index (χ3v) is 3.52. The van der Waals surface area contributed by atoms with Crippen LogP contribution in [0.15, 0.2) is 24.3 Å². The van der Waals surface area contributed by atoms with Gasteiger partial charge >= 0.3 is 12.0 Å². The molecule has 1 fully saturated rings. The van der Waals surface area contributed by atoms with Crippen molar-refractivity contribution >= 4 is 17.7 Å². The minimum absolute atomic E-state index is 0.0597. The molecule has 1 saturated heterocycles. The summed E-state index contributed by atoms with van der Waals surface area (Å²) in [5, 5.41) is 23.1. The molecule has 3 N–H and O–H groups in total. The van der Waals surface area contributed by atoms with Crippen LogP contribution in [0.1, 0.15) is 12.5 Å². The largest absolute Gasteiger partial charge is 0.481 e. The van der Waals surface area contributed by atoms with Gasteiger partial charge in [-0.2, -0.15) is 5.26 Å². The third-order valence-electron chi connectivity index (χ3n) is 3.52. The number of nitriles is 1. The van der Waals surface area contributed by atoms with E-state index in [1.165, 1.54) is 6.92 Å². The molecule has 0 radical (unpaired) electrons. The number of carbonyl (C=O) groups excluding carboxylic acids is 1. The number of hydrogen-bond donors (Lipinski definition) is 3. The Morgan fingerprint density at radius 2 is 2.10 bits per heavy atom. The number of urea groups is 1. The smallest absolute Gasteiger partial charge is 0.319 e. The minimum Gasteiger partial charge on any atom is -0.481 e. The maximum absolute atomic E-state index is 11.9. The molecular formula is C14H15N3O4. The van der Waals surface area contributed by atoms with Crippen LogP contribution < -0.4 is 10.6 Å². The Morgan fingerprint density at radius 1 is 1.43 bits per heavy atom. The van der Waals surface area contributed by atoms with Crippen LogP contribution in [0.4, 0.5) is 10.5 Å². The molecule has 2 amide bonds. The number of aliphatic carboxylic acids is 1. The molecule has 0 saturated carbocycles. The molecule has 2 unspecified atom stereocenters. The van der Waals surface area contributed by atoms with E-state index >= 15 is 0 Å². The molecule has 1 aliphatic heterocycles. The summed E-state index contributed by atoms with van der Waals surface area (Å²) in [6.07, 6.45) is 0. The van der Waals surface area contributed by atoms with Crippen molar-refractivity contribution in [2.24, 2.45) is 5.41 Å². The fraction of sp³-hybridized carbons (Fsp3) is 0.357. The van der Waals surface area contributed by atoms with Gasteiger partial charge in [0.15, 0.2) is 0 Å². The van der Waals surface area contributed by atoms with Crippen molar-refractivity contribution in [2.75, 3.05) is 18.5 Å². The van der Waals surface area contributed by atoms with Gasteiger partial charge in [0, 0.05) is 5.69 Å². The molecule has 0 aromatic heterocycles. The predicted octanol–water partition coefficient (Wildman–Crippen LogP) is 1.17. The van der Waals surface area contributed by atoms with Crippen molar-refractivity contribution in [1.29, 1.82) is 5.26 Å². The Labute approximate surface area is 121 Å². The number of carboxylic acid groups (broad SMARTS) is 1. The van der Waals surface area contributed by atoms with Crippen LogP contribution in [0.25, 0.3) is 0 Å². The van der Waals surface area contributed by atoms with Gasteiger partial charge in [-0.25, -0.2) is 4.79 Å². The monoisotopic (exact) mass is 289 g/mol. The molecule has 110 valence electrons. The fourth-order valence-corrected chi connectivity index (χ4v) is 2.04. The van der Waals surface area contributed by atoms with Crippen LogP contribution >= 0.6 is 0 Å².